The topological polar surface area (TPSA) is 175 Å². The molecule has 5 aromatic rings. The minimum atomic E-state index is -2.15. The second kappa shape index (κ2) is 18.2. The third kappa shape index (κ3) is 10.2. The van der Waals surface area contributed by atoms with Gasteiger partial charge in [0.2, 0.25) is 6.10 Å². The Labute approximate surface area is 304 Å². The van der Waals surface area contributed by atoms with E-state index in [1.165, 1.54) is 60.7 Å². The van der Waals surface area contributed by atoms with E-state index in [1.807, 2.05) is 0 Å². The van der Waals surface area contributed by atoms with E-state index in [0.717, 1.165) is 0 Å². The summed E-state index contributed by atoms with van der Waals surface area (Å²) in [6.07, 6.45) is -8.02. The van der Waals surface area contributed by atoms with Gasteiger partial charge in [0.15, 0.2) is 18.3 Å². The lowest BCUT2D eigenvalue weighted by atomic mass is 10.0. The van der Waals surface area contributed by atoms with Crippen LogP contribution in [-0.4, -0.2) is 66.8 Å². The van der Waals surface area contributed by atoms with Gasteiger partial charge in [0.05, 0.1) is 27.8 Å². The number of ether oxygens (including phenoxy) is 5. The molecule has 0 aliphatic rings. The lowest BCUT2D eigenvalue weighted by Crippen LogP contribution is -2.56. The molecule has 4 atom stereocenters. The molecule has 12 heteroatoms. The van der Waals surface area contributed by atoms with Crippen LogP contribution in [-0.2, 0) is 28.5 Å². The molecule has 0 spiro atoms. The monoisotopic (exact) mass is 715 g/mol. The zero-order valence-electron chi connectivity index (χ0n) is 28.0. The van der Waals surface area contributed by atoms with Crippen molar-refractivity contribution in [1.29, 1.82) is 0 Å². The number of hydrogen-bond donors (Lipinski definition) is 1. The van der Waals surface area contributed by atoms with Gasteiger partial charge in [-0.3, -0.25) is 4.79 Å². The first-order valence-electron chi connectivity index (χ1n) is 16.3. The average Bonchev–Trinajstić information content (AvgIpc) is 3.21. The number of esters is 5. The number of benzene rings is 5. The van der Waals surface area contributed by atoms with Crippen molar-refractivity contribution in [2.75, 3.05) is 6.61 Å². The van der Waals surface area contributed by atoms with Crippen molar-refractivity contribution in [1.82, 2.24) is 0 Å². The number of rotatable bonds is 15. The van der Waals surface area contributed by atoms with E-state index in [0.29, 0.717) is 0 Å². The van der Waals surface area contributed by atoms with Gasteiger partial charge < -0.3 is 29.4 Å². The lowest BCUT2D eigenvalue weighted by molar-refractivity contribution is -0.150. The minimum Gasteiger partial charge on any atom is -0.458 e. The fourth-order valence-corrected chi connectivity index (χ4v) is 5.02. The molecular formula is C41H33NO11. The molecule has 0 heterocycles. The van der Waals surface area contributed by atoms with Gasteiger partial charge >= 0.3 is 29.8 Å². The first kappa shape index (κ1) is 37.2. The summed E-state index contributed by atoms with van der Waals surface area (Å²) in [5, 5.41) is 0. The van der Waals surface area contributed by atoms with E-state index >= 15 is 0 Å². The Kier molecular flexibility index (Phi) is 12.8. The van der Waals surface area contributed by atoms with E-state index in [2.05, 4.69) is 0 Å². The SMILES string of the molecule is NC(=O)[C@H](OC(=O)c1ccccc1)[C@@H](OC(=O)c1ccccc1)[C@H](OC(=O)c1ccccc1)[C@@H](COC(=O)c1ccccc1)OC(=O)c1ccccc1. The predicted molar refractivity (Wildman–Crippen MR) is 189 cm³/mol. The molecule has 1 amide bonds. The van der Waals surface area contributed by atoms with Gasteiger partial charge in [-0.2, -0.15) is 0 Å². The first-order valence-corrected chi connectivity index (χ1v) is 16.3. The Balaban J connectivity index is 1.62. The summed E-state index contributed by atoms with van der Waals surface area (Å²) in [6.45, 7) is -0.795. The Morgan fingerprint density at radius 1 is 0.396 bits per heavy atom. The van der Waals surface area contributed by atoms with Crippen LogP contribution in [0.3, 0.4) is 0 Å². The molecule has 0 aromatic heterocycles. The summed E-state index contributed by atoms with van der Waals surface area (Å²) in [5.41, 5.74) is 6.02. The Morgan fingerprint density at radius 2 is 0.698 bits per heavy atom. The first-order chi connectivity index (χ1) is 25.7. The van der Waals surface area contributed by atoms with Gasteiger partial charge in [-0.1, -0.05) is 91.0 Å². The number of nitrogens with two attached hydrogens (primary N) is 1. The van der Waals surface area contributed by atoms with Crippen molar-refractivity contribution in [3.8, 4) is 0 Å². The van der Waals surface area contributed by atoms with E-state index in [1.54, 1.807) is 91.0 Å². The molecule has 5 aromatic carbocycles. The van der Waals surface area contributed by atoms with Crippen LogP contribution in [0, 0.1) is 0 Å². The number of amides is 1. The van der Waals surface area contributed by atoms with Gasteiger partial charge in [0, 0.05) is 0 Å². The van der Waals surface area contributed by atoms with E-state index in [-0.39, 0.29) is 27.8 Å². The molecule has 0 saturated heterocycles. The quantitative estimate of drug-likeness (QED) is 0.111. The van der Waals surface area contributed by atoms with Crippen LogP contribution in [0.4, 0.5) is 0 Å². The van der Waals surface area contributed by atoms with Crippen LogP contribution in [0.2, 0.25) is 0 Å². The fourth-order valence-electron chi connectivity index (χ4n) is 5.02. The molecule has 0 aliphatic carbocycles. The van der Waals surface area contributed by atoms with Gasteiger partial charge in [0.25, 0.3) is 5.91 Å². The van der Waals surface area contributed by atoms with Crippen LogP contribution < -0.4 is 5.73 Å². The number of carbonyl (C=O) groups excluding carboxylic acids is 6. The van der Waals surface area contributed by atoms with Crippen molar-refractivity contribution in [2.24, 2.45) is 5.73 Å². The van der Waals surface area contributed by atoms with Gasteiger partial charge in [0.1, 0.15) is 6.61 Å². The predicted octanol–water partition coefficient (Wildman–Crippen LogP) is 5.23. The van der Waals surface area contributed by atoms with E-state index < -0.39 is 66.8 Å². The third-order valence-corrected chi connectivity index (χ3v) is 7.67. The molecular weight excluding hydrogens is 682 g/mol. The molecule has 0 radical (unpaired) electrons. The second-order valence-corrected chi connectivity index (χ2v) is 11.3. The molecule has 0 bridgehead atoms. The molecule has 5 rings (SSSR count). The van der Waals surface area contributed by atoms with Crippen LogP contribution in [0.5, 0.6) is 0 Å². The zero-order valence-corrected chi connectivity index (χ0v) is 28.0. The summed E-state index contributed by atoms with van der Waals surface area (Å²) >= 11 is 0. The summed E-state index contributed by atoms with van der Waals surface area (Å²) in [7, 11) is 0. The highest BCUT2D eigenvalue weighted by Gasteiger charge is 2.48. The van der Waals surface area contributed by atoms with Crippen LogP contribution in [0.25, 0.3) is 0 Å². The molecule has 2 N–H and O–H groups in total. The van der Waals surface area contributed by atoms with E-state index in [4.69, 9.17) is 29.4 Å². The summed E-state index contributed by atoms with van der Waals surface area (Å²) in [4.78, 5) is 80.7. The largest absolute Gasteiger partial charge is 0.458 e. The van der Waals surface area contributed by atoms with Gasteiger partial charge in [-0.25, -0.2) is 24.0 Å². The molecule has 268 valence electrons. The van der Waals surface area contributed by atoms with Gasteiger partial charge in [-0.15, -0.1) is 0 Å². The Bertz CT molecular complexity index is 2010. The second-order valence-electron chi connectivity index (χ2n) is 11.3. The van der Waals surface area contributed by atoms with Gasteiger partial charge in [-0.05, 0) is 60.7 Å². The summed E-state index contributed by atoms with van der Waals surface area (Å²) in [6, 6.07) is 38.3. The summed E-state index contributed by atoms with van der Waals surface area (Å²) < 4.78 is 28.7. The maximum atomic E-state index is 13.7. The highest BCUT2D eigenvalue weighted by molar-refractivity contribution is 5.94. The zero-order chi connectivity index (χ0) is 37.6. The summed E-state index contributed by atoms with van der Waals surface area (Å²) in [5.74, 6) is -6.24. The number of carbonyl (C=O) groups is 6. The fraction of sp³-hybridized carbons (Fsp3) is 0.122. The molecule has 12 nitrogen and oxygen atoms in total. The third-order valence-electron chi connectivity index (χ3n) is 7.67. The number of primary amides is 1. The minimum absolute atomic E-state index is 0.00317. The average molecular weight is 716 g/mol. The molecule has 0 saturated carbocycles. The van der Waals surface area contributed by atoms with Crippen molar-refractivity contribution < 1.29 is 52.5 Å². The van der Waals surface area contributed by atoms with Crippen molar-refractivity contribution >= 4 is 35.8 Å². The van der Waals surface area contributed by atoms with Crippen molar-refractivity contribution in [3.63, 3.8) is 0 Å². The highest BCUT2D eigenvalue weighted by atomic mass is 16.6. The Morgan fingerprint density at radius 3 is 1.06 bits per heavy atom. The maximum absolute atomic E-state index is 13.7. The number of hydrogen-bond acceptors (Lipinski definition) is 11. The standard InChI is InChI=1S/C41H33NO11/c42-36(43)35(53-41(48)31-24-14-5-15-25-31)34(52-40(47)30-22-12-4-13-23-30)33(51-39(46)29-20-10-3-11-21-29)32(50-38(45)28-18-8-2-9-19-28)26-49-37(44)27-16-6-1-7-17-27/h1-25,32-35H,26H2,(H2,42,43)/t32-,33-,34+,35-/m1/s1. The normalized spacial score (nSPS) is 12.8. The molecule has 53 heavy (non-hydrogen) atoms. The maximum Gasteiger partial charge on any atom is 0.339 e. The highest BCUT2D eigenvalue weighted by Crippen LogP contribution is 2.24. The van der Waals surface area contributed by atoms with E-state index in [9.17, 15) is 28.8 Å². The molecule has 0 fully saturated rings. The molecule has 0 aliphatic heterocycles. The van der Waals surface area contributed by atoms with Crippen molar-refractivity contribution in [3.05, 3.63) is 179 Å². The van der Waals surface area contributed by atoms with Crippen LogP contribution >= 0.6 is 0 Å². The Hall–Kier alpha value is -7.08. The lowest BCUT2D eigenvalue weighted by Gasteiger charge is -2.35. The van der Waals surface area contributed by atoms with Crippen molar-refractivity contribution in [2.45, 2.75) is 24.4 Å². The van der Waals surface area contributed by atoms with Crippen LogP contribution in [0.1, 0.15) is 51.8 Å². The smallest absolute Gasteiger partial charge is 0.339 e. The molecule has 0 unspecified atom stereocenters. The van der Waals surface area contributed by atoms with Crippen LogP contribution in [0.15, 0.2) is 152 Å².